The molecular weight excluding hydrogens is 250 g/mol. The Morgan fingerprint density at radius 2 is 2.05 bits per heavy atom. The highest BCUT2D eigenvalue weighted by Gasteiger charge is 2.32. The topological polar surface area (TPSA) is 35.6 Å². The first-order chi connectivity index (χ1) is 9.63. The van der Waals surface area contributed by atoms with Crippen LogP contribution in [0.25, 0.3) is 0 Å². The van der Waals surface area contributed by atoms with Gasteiger partial charge in [-0.3, -0.25) is 4.79 Å². The van der Waals surface area contributed by atoms with Gasteiger partial charge in [0.15, 0.2) is 0 Å². The summed E-state index contributed by atoms with van der Waals surface area (Å²) in [5.74, 6) is 0.274. The monoisotopic (exact) mass is 275 g/mol. The first kappa shape index (κ1) is 15.0. The molecular formula is C16H25N3O. The lowest BCUT2D eigenvalue weighted by atomic mass is 10.00. The average Bonchev–Trinajstić information content (AvgIpc) is 2.47. The second-order valence-corrected chi connectivity index (χ2v) is 5.68. The number of hydrogen-bond donors (Lipinski definition) is 1. The molecule has 2 atom stereocenters. The number of carbonyl (C=O) groups excluding carboxylic acids is 1. The van der Waals surface area contributed by atoms with Crippen LogP contribution in [0.4, 0.5) is 0 Å². The summed E-state index contributed by atoms with van der Waals surface area (Å²) in [5.41, 5.74) is 1.23. The van der Waals surface area contributed by atoms with Crippen LogP contribution in [-0.2, 0) is 4.79 Å². The molecule has 0 aliphatic carbocycles. The lowest BCUT2D eigenvalue weighted by molar-refractivity contribution is -0.139. The summed E-state index contributed by atoms with van der Waals surface area (Å²) < 4.78 is 0. The van der Waals surface area contributed by atoms with Crippen molar-refractivity contribution in [1.82, 2.24) is 15.1 Å². The number of hydrogen-bond acceptors (Lipinski definition) is 3. The van der Waals surface area contributed by atoms with Gasteiger partial charge in [-0.25, -0.2) is 0 Å². The minimum atomic E-state index is 0.0228. The molecule has 1 aromatic carbocycles. The molecule has 1 saturated heterocycles. The van der Waals surface area contributed by atoms with Crippen LogP contribution >= 0.6 is 0 Å². The zero-order valence-electron chi connectivity index (χ0n) is 12.7. The molecule has 1 amide bonds. The first-order valence-corrected chi connectivity index (χ1v) is 7.32. The molecule has 1 N–H and O–H groups in total. The third-order valence-electron chi connectivity index (χ3n) is 3.98. The van der Waals surface area contributed by atoms with E-state index in [2.05, 4.69) is 34.3 Å². The molecule has 110 valence electrons. The third kappa shape index (κ3) is 3.38. The number of nitrogens with zero attached hydrogens (tertiary/aromatic N) is 2. The van der Waals surface area contributed by atoms with Crippen LogP contribution in [0.1, 0.15) is 18.5 Å². The van der Waals surface area contributed by atoms with Crippen molar-refractivity contribution in [3.8, 4) is 0 Å². The molecule has 4 nitrogen and oxygen atoms in total. The summed E-state index contributed by atoms with van der Waals surface area (Å²) in [6.07, 6.45) is 0. The zero-order valence-corrected chi connectivity index (χ0v) is 12.7. The van der Waals surface area contributed by atoms with E-state index in [1.807, 2.05) is 32.2 Å². The minimum Gasteiger partial charge on any atom is -0.333 e. The predicted molar refractivity (Wildman–Crippen MR) is 81.5 cm³/mol. The maximum absolute atomic E-state index is 12.6. The van der Waals surface area contributed by atoms with Gasteiger partial charge in [-0.05, 0) is 19.7 Å². The zero-order chi connectivity index (χ0) is 14.5. The number of rotatable bonds is 4. The van der Waals surface area contributed by atoms with Crippen molar-refractivity contribution >= 4 is 5.91 Å². The standard InChI is InChI=1S/C16H25N3O/c1-13(11-17-2)16(20)19-10-9-18(3)12-15(19)14-7-5-4-6-8-14/h4-8,13,15,17H,9-12H2,1-3H3. The quantitative estimate of drug-likeness (QED) is 0.901. The van der Waals surface area contributed by atoms with Gasteiger partial charge in [-0.15, -0.1) is 0 Å². The van der Waals surface area contributed by atoms with E-state index in [9.17, 15) is 4.79 Å². The van der Waals surface area contributed by atoms with Crippen LogP contribution in [-0.4, -0.2) is 56.0 Å². The van der Waals surface area contributed by atoms with Gasteiger partial charge in [-0.2, -0.15) is 0 Å². The molecule has 1 aromatic rings. The molecule has 2 rings (SSSR count). The summed E-state index contributed by atoms with van der Waals surface area (Å²) in [4.78, 5) is 17.0. The van der Waals surface area contributed by atoms with Crippen molar-refractivity contribution in [2.75, 3.05) is 40.3 Å². The summed E-state index contributed by atoms with van der Waals surface area (Å²) in [5, 5.41) is 3.09. The molecule has 1 aliphatic heterocycles. The highest BCUT2D eigenvalue weighted by molar-refractivity contribution is 5.79. The summed E-state index contributed by atoms with van der Waals surface area (Å²) in [6.45, 7) is 5.39. The Balaban J connectivity index is 2.18. The van der Waals surface area contributed by atoms with Crippen LogP contribution in [0.5, 0.6) is 0 Å². The van der Waals surface area contributed by atoms with Gasteiger partial charge in [0.05, 0.1) is 6.04 Å². The van der Waals surface area contributed by atoms with Crippen molar-refractivity contribution < 1.29 is 4.79 Å². The fourth-order valence-corrected chi connectivity index (χ4v) is 2.82. The molecule has 2 unspecified atom stereocenters. The smallest absolute Gasteiger partial charge is 0.227 e. The van der Waals surface area contributed by atoms with E-state index < -0.39 is 0 Å². The number of nitrogens with one attached hydrogen (secondary N) is 1. The van der Waals surface area contributed by atoms with Gasteiger partial charge in [0.25, 0.3) is 0 Å². The molecule has 0 saturated carbocycles. The van der Waals surface area contributed by atoms with Gasteiger partial charge < -0.3 is 15.1 Å². The fraction of sp³-hybridized carbons (Fsp3) is 0.562. The Morgan fingerprint density at radius 1 is 1.35 bits per heavy atom. The Bertz CT molecular complexity index is 435. The first-order valence-electron chi connectivity index (χ1n) is 7.32. The van der Waals surface area contributed by atoms with Crippen LogP contribution in [0.15, 0.2) is 30.3 Å². The number of amides is 1. The van der Waals surface area contributed by atoms with Crippen molar-refractivity contribution in [3.05, 3.63) is 35.9 Å². The Labute approximate surface area is 121 Å². The van der Waals surface area contributed by atoms with Crippen molar-refractivity contribution in [2.24, 2.45) is 5.92 Å². The number of likely N-dealkylation sites (N-methyl/N-ethyl adjacent to an activating group) is 1. The van der Waals surface area contributed by atoms with E-state index in [0.29, 0.717) is 0 Å². The Hall–Kier alpha value is -1.39. The Kier molecular flexibility index (Phi) is 5.15. The van der Waals surface area contributed by atoms with E-state index in [4.69, 9.17) is 0 Å². The predicted octanol–water partition coefficient (Wildman–Crippen LogP) is 1.36. The Morgan fingerprint density at radius 3 is 2.70 bits per heavy atom. The van der Waals surface area contributed by atoms with Crippen LogP contribution in [0.2, 0.25) is 0 Å². The molecule has 1 heterocycles. The van der Waals surface area contributed by atoms with Crippen LogP contribution < -0.4 is 5.32 Å². The van der Waals surface area contributed by atoms with Crippen LogP contribution in [0.3, 0.4) is 0 Å². The van der Waals surface area contributed by atoms with E-state index in [1.54, 1.807) is 0 Å². The van der Waals surface area contributed by atoms with E-state index >= 15 is 0 Å². The van der Waals surface area contributed by atoms with Crippen molar-refractivity contribution in [3.63, 3.8) is 0 Å². The number of carbonyl (C=O) groups is 1. The average molecular weight is 275 g/mol. The van der Waals surface area contributed by atoms with E-state index in [1.165, 1.54) is 5.56 Å². The number of benzene rings is 1. The third-order valence-corrected chi connectivity index (χ3v) is 3.98. The highest BCUT2D eigenvalue weighted by atomic mass is 16.2. The van der Waals surface area contributed by atoms with Gasteiger partial charge in [0.1, 0.15) is 0 Å². The fourth-order valence-electron chi connectivity index (χ4n) is 2.82. The molecule has 20 heavy (non-hydrogen) atoms. The molecule has 1 aliphatic rings. The van der Waals surface area contributed by atoms with Gasteiger partial charge in [0.2, 0.25) is 5.91 Å². The number of piperazine rings is 1. The maximum Gasteiger partial charge on any atom is 0.227 e. The second-order valence-electron chi connectivity index (χ2n) is 5.68. The lowest BCUT2D eigenvalue weighted by Gasteiger charge is -2.41. The second kappa shape index (κ2) is 6.86. The van der Waals surface area contributed by atoms with Gasteiger partial charge in [0, 0.05) is 32.1 Å². The van der Waals surface area contributed by atoms with E-state index in [-0.39, 0.29) is 17.9 Å². The molecule has 0 bridgehead atoms. The SMILES string of the molecule is CNCC(C)C(=O)N1CCN(C)CC1c1ccccc1. The summed E-state index contributed by atoms with van der Waals surface area (Å²) in [7, 11) is 4.01. The van der Waals surface area contributed by atoms with E-state index in [0.717, 1.165) is 26.2 Å². The highest BCUT2D eigenvalue weighted by Crippen LogP contribution is 2.26. The van der Waals surface area contributed by atoms with Gasteiger partial charge >= 0.3 is 0 Å². The molecule has 0 radical (unpaired) electrons. The van der Waals surface area contributed by atoms with Crippen molar-refractivity contribution in [2.45, 2.75) is 13.0 Å². The maximum atomic E-state index is 12.6. The normalized spacial score (nSPS) is 21.8. The molecule has 0 aromatic heterocycles. The minimum absolute atomic E-state index is 0.0228. The largest absolute Gasteiger partial charge is 0.333 e. The summed E-state index contributed by atoms with van der Waals surface area (Å²) >= 11 is 0. The molecule has 4 heteroatoms. The summed E-state index contributed by atoms with van der Waals surface area (Å²) in [6, 6.07) is 10.5. The van der Waals surface area contributed by atoms with Crippen LogP contribution in [0, 0.1) is 5.92 Å². The lowest BCUT2D eigenvalue weighted by Crippen LogP contribution is -2.51. The molecule has 1 fully saturated rings. The van der Waals surface area contributed by atoms with Gasteiger partial charge in [-0.1, -0.05) is 37.3 Å². The van der Waals surface area contributed by atoms with Crippen molar-refractivity contribution in [1.29, 1.82) is 0 Å². The molecule has 0 spiro atoms.